The number of ether oxygens (including phenoxy) is 1. The zero-order valence-electron chi connectivity index (χ0n) is 20.2. The molecule has 37 heavy (non-hydrogen) atoms. The van der Waals surface area contributed by atoms with Gasteiger partial charge in [-0.2, -0.15) is 0 Å². The Morgan fingerprint density at radius 1 is 0.973 bits per heavy atom. The van der Waals surface area contributed by atoms with Gasteiger partial charge in [0.15, 0.2) is 5.79 Å². The van der Waals surface area contributed by atoms with Crippen molar-refractivity contribution >= 4 is 44.8 Å². The topological polar surface area (TPSA) is 99.1 Å². The highest BCUT2D eigenvalue weighted by molar-refractivity contribution is 9.10. The zero-order valence-corrected chi connectivity index (χ0v) is 21.8. The van der Waals surface area contributed by atoms with E-state index in [2.05, 4.69) is 21.2 Å². The molecule has 3 N–H and O–H groups in total. The first-order valence-electron chi connectivity index (χ1n) is 12.4. The fourth-order valence-electron chi connectivity index (χ4n) is 6.26. The number of rotatable bonds is 4. The second kappa shape index (κ2) is 8.97. The van der Waals surface area contributed by atoms with Crippen LogP contribution in [0.5, 0.6) is 5.75 Å². The number of imide groups is 1. The molecular formula is C29H27BrN2O5. The highest BCUT2D eigenvalue weighted by Gasteiger charge is 2.66. The highest BCUT2D eigenvalue weighted by Crippen LogP contribution is 2.59. The van der Waals surface area contributed by atoms with Gasteiger partial charge >= 0.3 is 0 Å². The van der Waals surface area contributed by atoms with Gasteiger partial charge in [-0.05, 0) is 67.4 Å². The summed E-state index contributed by atoms with van der Waals surface area (Å²) in [5.41, 5.74) is 2.85. The fraction of sp³-hybridized carbons (Fsp3) is 0.310. The molecule has 1 saturated carbocycles. The molecule has 3 aromatic carbocycles. The molecule has 0 bridgehead atoms. The number of benzene rings is 3. The minimum absolute atomic E-state index is 0.0688. The highest BCUT2D eigenvalue weighted by atomic mass is 79.9. The van der Waals surface area contributed by atoms with Crippen molar-refractivity contribution in [2.45, 2.75) is 31.7 Å². The normalized spacial score (nSPS) is 30.8. The summed E-state index contributed by atoms with van der Waals surface area (Å²) >= 11 is 3.43. The Morgan fingerprint density at radius 3 is 2.41 bits per heavy atom. The summed E-state index contributed by atoms with van der Waals surface area (Å²) in [5.74, 6) is -4.16. The van der Waals surface area contributed by atoms with E-state index < -0.39 is 29.6 Å². The molecule has 0 unspecified atom stereocenters. The molecule has 190 valence electrons. The Balaban J connectivity index is 1.28. The number of aliphatic hydroxyl groups is 1. The summed E-state index contributed by atoms with van der Waals surface area (Å²) in [6, 6.07) is 22.0. The fourth-order valence-corrected chi connectivity index (χ4v) is 6.64. The first-order valence-corrected chi connectivity index (χ1v) is 13.2. The van der Waals surface area contributed by atoms with Crippen LogP contribution < -0.4 is 10.2 Å². The molecule has 2 saturated heterocycles. The lowest BCUT2D eigenvalue weighted by molar-refractivity contribution is -0.265. The Kier molecular flexibility index (Phi) is 5.86. The van der Waals surface area contributed by atoms with Gasteiger partial charge in [0.25, 0.3) is 0 Å². The molecule has 8 heteroatoms. The van der Waals surface area contributed by atoms with E-state index in [1.165, 1.54) is 4.90 Å². The number of phenols is 1. The average molecular weight is 563 g/mol. The van der Waals surface area contributed by atoms with Crippen molar-refractivity contribution in [3.8, 4) is 5.75 Å². The molecule has 2 aliphatic heterocycles. The maximum Gasteiger partial charge on any atom is 0.238 e. The number of aromatic hydroxyl groups is 1. The number of carbonyl (C=O) groups is 2. The van der Waals surface area contributed by atoms with Gasteiger partial charge < -0.3 is 20.3 Å². The zero-order chi connectivity index (χ0) is 25.9. The lowest BCUT2D eigenvalue weighted by atomic mass is 9.65. The third kappa shape index (κ3) is 3.95. The van der Waals surface area contributed by atoms with E-state index in [4.69, 9.17) is 4.74 Å². The summed E-state index contributed by atoms with van der Waals surface area (Å²) < 4.78 is 6.95. The minimum atomic E-state index is -1.56. The number of anilines is 3. The number of para-hydroxylation sites is 1. The Labute approximate surface area is 223 Å². The number of amides is 2. The van der Waals surface area contributed by atoms with Crippen molar-refractivity contribution < 1.29 is 24.5 Å². The molecule has 7 nitrogen and oxygen atoms in total. The molecule has 2 heterocycles. The van der Waals surface area contributed by atoms with Crippen molar-refractivity contribution in [1.29, 1.82) is 0 Å². The number of nitrogens with one attached hydrogen (secondary N) is 1. The number of carbonyl (C=O) groups excluding carboxylic acids is 2. The molecule has 0 spiro atoms. The van der Waals surface area contributed by atoms with E-state index in [-0.39, 0.29) is 23.5 Å². The number of phenolic OH excluding ortho intramolecular Hbond substituents is 1. The maximum absolute atomic E-state index is 13.7. The van der Waals surface area contributed by atoms with Crippen LogP contribution in [0.15, 0.2) is 77.3 Å². The molecule has 6 atom stereocenters. The summed E-state index contributed by atoms with van der Waals surface area (Å²) in [6.45, 7) is 1.86. The third-order valence-corrected chi connectivity index (χ3v) is 8.57. The van der Waals surface area contributed by atoms with Gasteiger partial charge in [0.2, 0.25) is 11.8 Å². The van der Waals surface area contributed by atoms with Gasteiger partial charge in [0.1, 0.15) is 5.75 Å². The molecule has 2 amide bonds. The molecule has 0 radical (unpaired) electrons. The quantitative estimate of drug-likeness (QED) is 0.362. The monoisotopic (exact) mass is 562 g/mol. The Hall–Kier alpha value is -3.20. The SMILES string of the molecule is C[C@H]1C[C@@H]2C(=O)N(c3ccc(Nc4ccccc4)cc3)C(=O)[C@@H]2[C@@H]2C[C@@H](c3cc(Br)ccc3O)O[C@]12O. The third-order valence-electron chi connectivity index (χ3n) is 8.08. The molecule has 3 aromatic rings. The van der Waals surface area contributed by atoms with Crippen LogP contribution in [0.1, 0.15) is 31.4 Å². The summed E-state index contributed by atoms with van der Waals surface area (Å²) in [7, 11) is 0. The van der Waals surface area contributed by atoms with Gasteiger partial charge in [-0.15, -0.1) is 0 Å². The average Bonchev–Trinajstić information content (AvgIpc) is 3.36. The van der Waals surface area contributed by atoms with Crippen molar-refractivity contribution in [1.82, 2.24) is 0 Å². The van der Waals surface area contributed by atoms with Crippen molar-refractivity contribution in [2.75, 3.05) is 10.2 Å². The van der Waals surface area contributed by atoms with Crippen LogP contribution in [0.3, 0.4) is 0 Å². The van der Waals surface area contributed by atoms with E-state index in [0.29, 0.717) is 24.1 Å². The van der Waals surface area contributed by atoms with Gasteiger partial charge in [0.05, 0.1) is 23.6 Å². The van der Waals surface area contributed by atoms with Crippen LogP contribution in [0.4, 0.5) is 17.1 Å². The summed E-state index contributed by atoms with van der Waals surface area (Å²) in [6.07, 6.45) is 0.0940. The lowest BCUT2D eigenvalue weighted by Crippen LogP contribution is -2.52. The number of hydrogen-bond acceptors (Lipinski definition) is 6. The first kappa shape index (κ1) is 24.2. The van der Waals surface area contributed by atoms with Gasteiger partial charge in [0, 0.05) is 33.2 Å². The smallest absolute Gasteiger partial charge is 0.238 e. The number of nitrogens with zero attached hydrogens (tertiary/aromatic N) is 1. The summed E-state index contributed by atoms with van der Waals surface area (Å²) in [4.78, 5) is 28.6. The Morgan fingerprint density at radius 2 is 1.68 bits per heavy atom. The predicted octanol–water partition coefficient (Wildman–Crippen LogP) is 5.51. The lowest BCUT2D eigenvalue weighted by Gasteiger charge is -2.43. The molecule has 3 aliphatic rings. The van der Waals surface area contributed by atoms with Crippen LogP contribution in [0, 0.1) is 23.7 Å². The van der Waals surface area contributed by atoms with Gasteiger partial charge in [-0.3, -0.25) is 14.5 Å². The molecule has 6 rings (SSSR count). The Bertz CT molecular complexity index is 1360. The van der Waals surface area contributed by atoms with Crippen molar-refractivity contribution in [2.24, 2.45) is 23.7 Å². The standard InChI is InChI=1S/C29H27BrN2O5/c1-16-13-22-26(23-15-25(37-29(16,23)36)21-14-17(30)7-12-24(21)33)28(35)32(27(22)34)20-10-8-19(9-11-20)31-18-5-3-2-4-6-18/h2-12,14,16,22-23,25-26,31,33,36H,13,15H2,1H3/t16-,22-,23-,25-,26-,29+/m0/s1. The van der Waals surface area contributed by atoms with E-state index >= 15 is 0 Å². The number of halogens is 1. The first-order chi connectivity index (χ1) is 17.8. The second-order valence-corrected chi connectivity index (χ2v) is 11.1. The van der Waals surface area contributed by atoms with Crippen LogP contribution >= 0.6 is 15.9 Å². The van der Waals surface area contributed by atoms with Crippen LogP contribution in [0.25, 0.3) is 0 Å². The van der Waals surface area contributed by atoms with Crippen LogP contribution in [0.2, 0.25) is 0 Å². The second-order valence-electron chi connectivity index (χ2n) is 10.2. The largest absolute Gasteiger partial charge is 0.508 e. The molecular weight excluding hydrogens is 536 g/mol. The van der Waals surface area contributed by atoms with Crippen molar-refractivity contribution in [3.05, 3.63) is 82.8 Å². The van der Waals surface area contributed by atoms with Crippen LogP contribution in [-0.2, 0) is 14.3 Å². The van der Waals surface area contributed by atoms with E-state index in [1.807, 2.05) is 49.4 Å². The molecule has 3 fully saturated rings. The maximum atomic E-state index is 13.7. The van der Waals surface area contributed by atoms with Crippen LogP contribution in [-0.4, -0.2) is 27.8 Å². The number of fused-ring (bicyclic) bond motifs is 3. The van der Waals surface area contributed by atoms with Crippen molar-refractivity contribution in [3.63, 3.8) is 0 Å². The van der Waals surface area contributed by atoms with Gasteiger partial charge in [-0.1, -0.05) is 41.1 Å². The molecule has 0 aromatic heterocycles. The molecule has 1 aliphatic carbocycles. The minimum Gasteiger partial charge on any atom is -0.508 e. The summed E-state index contributed by atoms with van der Waals surface area (Å²) in [5, 5.41) is 25.4. The number of hydrogen-bond donors (Lipinski definition) is 3. The van der Waals surface area contributed by atoms with Gasteiger partial charge in [-0.25, -0.2) is 0 Å². The van der Waals surface area contributed by atoms with E-state index in [1.54, 1.807) is 30.3 Å². The van der Waals surface area contributed by atoms with E-state index in [9.17, 15) is 19.8 Å². The van der Waals surface area contributed by atoms with E-state index in [0.717, 1.165) is 15.8 Å². The predicted molar refractivity (Wildman–Crippen MR) is 142 cm³/mol.